The fourth-order valence-electron chi connectivity index (χ4n) is 6.20. The van der Waals surface area contributed by atoms with Gasteiger partial charge in [-0.15, -0.1) is 0 Å². The van der Waals surface area contributed by atoms with Gasteiger partial charge in [0.1, 0.15) is 11.5 Å². The van der Waals surface area contributed by atoms with Gasteiger partial charge in [-0.05, 0) is 56.4 Å². The highest BCUT2D eigenvalue weighted by atomic mass is 19.1. The normalized spacial score (nSPS) is 47.2. The lowest BCUT2D eigenvalue weighted by Crippen LogP contribution is -2.73. The molecule has 9 atom stereocenters. The summed E-state index contributed by atoms with van der Waals surface area (Å²) in [5.74, 6) is 0.986. The molecule has 0 N–H and O–H groups in total. The monoisotopic (exact) mass is 436 g/mol. The Morgan fingerprint density at radius 1 is 1.03 bits per heavy atom. The topological polar surface area (TPSA) is 55.4 Å². The van der Waals surface area contributed by atoms with Crippen molar-refractivity contribution >= 4 is 0 Å². The second-order valence-corrected chi connectivity index (χ2v) is 10.2. The van der Waals surface area contributed by atoms with Crippen LogP contribution in [0.25, 0.3) is 0 Å². The van der Waals surface area contributed by atoms with Crippen LogP contribution < -0.4 is 9.47 Å². The van der Waals surface area contributed by atoms with Gasteiger partial charge in [-0.3, -0.25) is 0 Å². The van der Waals surface area contributed by atoms with E-state index >= 15 is 0 Å². The van der Waals surface area contributed by atoms with Crippen molar-refractivity contribution in [3.63, 3.8) is 0 Å². The summed E-state index contributed by atoms with van der Waals surface area (Å²) in [5.41, 5.74) is -0.773. The minimum absolute atomic E-state index is 0.0690. The molecule has 31 heavy (non-hydrogen) atoms. The van der Waals surface area contributed by atoms with Crippen LogP contribution >= 0.6 is 0 Å². The van der Waals surface area contributed by atoms with Crippen LogP contribution in [-0.2, 0) is 19.2 Å². The average Bonchev–Trinajstić information content (AvgIpc) is 2.90. The highest BCUT2D eigenvalue weighted by molar-refractivity contribution is 5.31. The first-order valence-electron chi connectivity index (χ1n) is 11.4. The molecule has 4 saturated heterocycles. The molecule has 6 rings (SSSR count). The summed E-state index contributed by atoms with van der Waals surface area (Å²) in [6.07, 6.45) is 1.44. The van der Waals surface area contributed by atoms with E-state index in [4.69, 9.17) is 28.7 Å². The van der Waals surface area contributed by atoms with E-state index in [0.29, 0.717) is 17.4 Å². The summed E-state index contributed by atoms with van der Waals surface area (Å²) >= 11 is 0. The Morgan fingerprint density at radius 3 is 2.45 bits per heavy atom. The number of fused-ring (bicyclic) bond motifs is 2. The average molecular weight is 437 g/mol. The van der Waals surface area contributed by atoms with E-state index < -0.39 is 30.3 Å². The highest BCUT2D eigenvalue weighted by Gasteiger charge is 2.74. The van der Waals surface area contributed by atoms with Gasteiger partial charge in [-0.25, -0.2) is 14.2 Å². The van der Waals surface area contributed by atoms with Crippen LogP contribution in [0.1, 0.15) is 60.3 Å². The predicted molar refractivity (Wildman–Crippen MR) is 110 cm³/mol. The molecule has 7 heteroatoms. The summed E-state index contributed by atoms with van der Waals surface area (Å²) in [7, 11) is 0. The maximum Gasteiger partial charge on any atom is 0.235 e. The lowest BCUT2D eigenvalue weighted by Gasteiger charge is -2.63. The highest BCUT2D eigenvalue weighted by Crippen LogP contribution is 2.66. The Kier molecular flexibility index (Phi) is 5.05. The van der Waals surface area contributed by atoms with Crippen LogP contribution in [0.3, 0.4) is 0 Å². The first-order valence-corrected chi connectivity index (χ1v) is 11.4. The molecule has 1 saturated carbocycles. The fraction of sp³-hybridized carbons (Fsp3) is 0.750. The Balaban J connectivity index is 1.43. The van der Waals surface area contributed by atoms with Gasteiger partial charge in [-0.2, -0.15) is 0 Å². The molecule has 4 heterocycles. The Hall–Kier alpha value is -1.41. The zero-order valence-corrected chi connectivity index (χ0v) is 18.9. The number of ether oxygens (including phenoxy) is 4. The van der Waals surface area contributed by atoms with Crippen LogP contribution in [0.5, 0.6) is 11.5 Å². The number of rotatable bonds is 4. The zero-order valence-electron chi connectivity index (χ0n) is 18.9. The molecule has 0 radical (unpaired) electrons. The van der Waals surface area contributed by atoms with Crippen LogP contribution in [0.2, 0.25) is 0 Å². The van der Waals surface area contributed by atoms with E-state index in [1.807, 2.05) is 6.92 Å². The number of halogens is 1. The van der Waals surface area contributed by atoms with E-state index in [1.54, 1.807) is 24.3 Å². The second-order valence-electron chi connectivity index (χ2n) is 10.2. The summed E-state index contributed by atoms with van der Waals surface area (Å²) in [5, 5.41) is 0. The van der Waals surface area contributed by atoms with E-state index in [-0.39, 0.29) is 17.3 Å². The van der Waals surface area contributed by atoms with Crippen molar-refractivity contribution in [2.45, 2.75) is 90.6 Å². The first-order chi connectivity index (χ1) is 14.7. The standard InChI is InChI=1S/C24H33FO6/c1-14-6-11-19-15(2)20(27-18-9-7-17(8-10-18)26-16(3)25)28-21-24(19)22(14,4)12-13-23(5,29-21)30-31-24/h7-10,14-16,19-21H,6,11-13H2,1-5H3/t14-,15-,16?,19+,20+,21-,22+,23+,24-/m1/s1. The van der Waals surface area contributed by atoms with Crippen molar-refractivity contribution in [1.82, 2.24) is 0 Å². The molecule has 0 amide bonds. The third-order valence-electron chi connectivity index (χ3n) is 8.30. The molecule has 5 aliphatic rings. The SMILES string of the molecule is CC(F)Oc1ccc(O[C@H]2O[C@@H]3O[C@]4(C)CC[C@@]5(C)[C@H](C)CC[C@@H]([C@H]2C)[C@@]35OO4)cc1. The van der Waals surface area contributed by atoms with Crippen LogP contribution in [0, 0.1) is 23.2 Å². The first kappa shape index (κ1) is 21.4. The molecular formula is C24H33FO6. The molecule has 2 bridgehead atoms. The summed E-state index contributed by atoms with van der Waals surface area (Å²) in [4.78, 5) is 12.2. The minimum atomic E-state index is -1.36. The summed E-state index contributed by atoms with van der Waals surface area (Å²) < 4.78 is 37.3. The van der Waals surface area contributed by atoms with E-state index in [2.05, 4.69) is 20.8 Å². The van der Waals surface area contributed by atoms with Crippen molar-refractivity contribution < 1.29 is 33.1 Å². The molecule has 6 nitrogen and oxygen atoms in total. The second kappa shape index (κ2) is 7.30. The van der Waals surface area contributed by atoms with E-state index in [9.17, 15) is 4.39 Å². The van der Waals surface area contributed by atoms with Gasteiger partial charge >= 0.3 is 0 Å². The fourth-order valence-corrected chi connectivity index (χ4v) is 6.20. The number of alkyl halides is 1. The molecule has 1 aromatic rings. The molecule has 4 aliphatic heterocycles. The van der Waals surface area contributed by atoms with Gasteiger partial charge in [0.05, 0.1) is 0 Å². The molecule has 1 spiro atoms. The third kappa shape index (κ3) is 3.19. The number of hydrogen-bond acceptors (Lipinski definition) is 6. The van der Waals surface area contributed by atoms with Gasteiger partial charge in [0.2, 0.25) is 18.4 Å². The Morgan fingerprint density at radius 2 is 1.74 bits per heavy atom. The summed E-state index contributed by atoms with van der Waals surface area (Å²) in [6.45, 7) is 10.0. The van der Waals surface area contributed by atoms with Gasteiger partial charge in [0.25, 0.3) is 0 Å². The zero-order chi connectivity index (χ0) is 22.0. The largest absolute Gasteiger partial charge is 0.465 e. The van der Waals surface area contributed by atoms with Gasteiger partial charge < -0.3 is 18.9 Å². The lowest BCUT2D eigenvalue weighted by molar-refractivity contribution is -0.582. The van der Waals surface area contributed by atoms with E-state index in [0.717, 1.165) is 25.7 Å². The van der Waals surface area contributed by atoms with Crippen molar-refractivity contribution in [3.05, 3.63) is 24.3 Å². The molecular weight excluding hydrogens is 403 g/mol. The quantitative estimate of drug-likeness (QED) is 0.593. The molecule has 5 fully saturated rings. The molecule has 1 aromatic carbocycles. The summed E-state index contributed by atoms with van der Waals surface area (Å²) in [6, 6.07) is 6.93. The van der Waals surface area contributed by atoms with Crippen molar-refractivity contribution in [1.29, 1.82) is 0 Å². The molecule has 0 aromatic heterocycles. The van der Waals surface area contributed by atoms with Gasteiger partial charge in [0, 0.05) is 30.6 Å². The van der Waals surface area contributed by atoms with Crippen LogP contribution in [-0.4, -0.2) is 30.3 Å². The minimum Gasteiger partial charge on any atom is -0.465 e. The number of hydrogen-bond donors (Lipinski definition) is 0. The Labute approximate surface area is 183 Å². The van der Waals surface area contributed by atoms with Crippen LogP contribution in [0.15, 0.2) is 24.3 Å². The van der Waals surface area contributed by atoms with Crippen molar-refractivity contribution in [3.8, 4) is 11.5 Å². The van der Waals surface area contributed by atoms with Gasteiger partial charge in [0.15, 0.2) is 11.9 Å². The Bertz CT molecular complexity index is 817. The smallest absolute Gasteiger partial charge is 0.235 e. The van der Waals surface area contributed by atoms with Gasteiger partial charge in [-0.1, -0.05) is 20.8 Å². The molecule has 1 aliphatic carbocycles. The third-order valence-corrected chi connectivity index (χ3v) is 8.30. The molecule has 1 unspecified atom stereocenters. The van der Waals surface area contributed by atoms with Crippen molar-refractivity contribution in [2.75, 3.05) is 0 Å². The predicted octanol–water partition coefficient (Wildman–Crippen LogP) is 5.36. The van der Waals surface area contributed by atoms with Crippen LogP contribution in [0.4, 0.5) is 4.39 Å². The lowest BCUT2D eigenvalue weighted by atomic mass is 9.50. The van der Waals surface area contributed by atoms with Crippen molar-refractivity contribution in [2.24, 2.45) is 23.2 Å². The number of benzene rings is 1. The maximum atomic E-state index is 13.1. The molecule has 172 valence electrons. The maximum absolute atomic E-state index is 13.1. The van der Waals surface area contributed by atoms with E-state index in [1.165, 1.54) is 6.92 Å².